The molecule has 2 fully saturated rings. The predicted octanol–water partition coefficient (Wildman–Crippen LogP) is 0.923. The van der Waals surface area contributed by atoms with Gasteiger partial charge in [-0.15, -0.1) is 12.4 Å². The molecule has 1 atom stereocenters. The quantitative estimate of drug-likeness (QED) is 0.794. The van der Waals surface area contributed by atoms with Crippen LogP contribution in [0, 0.1) is 5.92 Å². The smallest absolute Gasteiger partial charge is 0.234 e. The highest BCUT2D eigenvalue weighted by Gasteiger charge is 2.36. The Kier molecular flexibility index (Phi) is 5.83. The first-order chi connectivity index (χ1) is 8.86. The van der Waals surface area contributed by atoms with Crippen molar-refractivity contribution in [1.82, 2.24) is 15.5 Å². The molecule has 1 heterocycles. The molecule has 0 aromatic rings. The van der Waals surface area contributed by atoms with E-state index in [9.17, 15) is 9.59 Å². The van der Waals surface area contributed by atoms with Gasteiger partial charge in [0.2, 0.25) is 11.8 Å². The summed E-state index contributed by atoms with van der Waals surface area (Å²) in [5.74, 6) is 0.898. The minimum atomic E-state index is -0.166. The highest BCUT2D eigenvalue weighted by atomic mass is 35.5. The summed E-state index contributed by atoms with van der Waals surface area (Å²) in [6, 6.07) is -0.0399. The molecule has 6 heteroatoms. The summed E-state index contributed by atoms with van der Waals surface area (Å²) in [6.07, 6.45) is 2.99. The van der Waals surface area contributed by atoms with Crippen molar-refractivity contribution in [2.75, 3.05) is 19.6 Å². The minimum Gasteiger partial charge on any atom is -0.350 e. The third-order valence-electron chi connectivity index (χ3n) is 3.72. The van der Waals surface area contributed by atoms with Crippen LogP contribution in [0.5, 0.6) is 0 Å². The SMILES string of the molecule is CC(C)(C)N1CC(NC(=O)CNCC2CC2)CC1=O.Cl. The van der Waals surface area contributed by atoms with E-state index in [1.165, 1.54) is 12.8 Å². The number of carbonyl (C=O) groups is 2. The van der Waals surface area contributed by atoms with E-state index in [0.29, 0.717) is 19.5 Å². The molecular weight excluding hydrogens is 278 g/mol. The Hall–Kier alpha value is -0.810. The van der Waals surface area contributed by atoms with Crippen molar-refractivity contribution in [3.05, 3.63) is 0 Å². The first-order valence-corrected chi connectivity index (χ1v) is 7.17. The lowest BCUT2D eigenvalue weighted by molar-refractivity contribution is -0.131. The highest BCUT2D eigenvalue weighted by Crippen LogP contribution is 2.27. The number of rotatable bonds is 5. The Morgan fingerprint density at radius 3 is 2.50 bits per heavy atom. The number of hydrogen-bond donors (Lipinski definition) is 2. The van der Waals surface area contributed by atoms with E-state index >= 15 is 0 Å². The molecule has 2 aliphatic rings. The monoisotopic (exact) mass is 303 g/mol. The molecule has 1 unspecified atom stereocenters. The molecule has 0 aromatic heterocycles. The van der Waals surface area contributed by atoms with Gasteiger partial charge in [0.1, 0.15) is 0 Å². The van der Waals surface area contributed by atoms with Gasteiger partial charge in [-0.2, -0.15) is 0 Å². The molecule has 2 amide bonds. The number of halogens is 1. The zero-order valence-electron chi connectivity index (χ0n) is 12.6. The summed E-state index contributed by atoms with van der Waals surface area (Å²) in [7, 11) is 0. The maximum atomic E-state index is 11.9. The average Bonchev–Trinajstić information content (AvgIpc) is 3.01. The summed E-state index contributed by atoms with van der Waals surface area (Å²) in [5, 5.41) is 6.10. The minimum absolute atomic E-state index is 0. The van der Waals surface area contributed by atoms with Gasteiger partial charge in [-0.1, -0.05) is 0 Å². The second-order valence-electron chi connectivity index (χ2n) is 6.72. The number of hydrogen-bond acceptors (Lipinski definition) is 3. The first-order valence-electron chi connectivity index (χ1n) is 7.17. The van der Waals surface area contributed by atoms with Crippen LogP contribution in [0.15, 0.2) is 0 Å². The maximum Gasteiger partial charge on any atom is 0.234 e. The summed E-state index contributed by atoms with van der Waals surface area (Å²) >= 11 is 0. The van der Waals surface area contributed by atoms with Crippen molar-refractivity contribution in [2.24, 2.45) is 5.92 Å². The lowest BCUT2D eigenvalue weighted by Crippen LogP contribution is -2.46. The molecule has 116 valence electrons. The van der Waals surface area contributed by atoms with Gasteiger partial charge >= 0.3 is 0 Å². The summed E-state index contributed by atoms with van der Waals surface area (Å²) in [4.78, 5) is 25.5. The molecule has 0 aromatic carbocycles. The predicted molar refractivity (Wildman–Crippen MR) is 80.9 cm³/mol. The molecule has 0 radical (unpaired) electrons. The molecule has 0 spiro atoms. The molecule has 2 N–H and O–H groups in total. The van der Waals surface area contributed by atoms with Crippen LogP contribution < -0.4 is 10.6 Å². The van der Waals surface area contributed by atoms with Crippen molar-refractivity contribution < 1.29 is 9.59 Å². The Morgan fingerprint density at radius 1 is 1.35 bits per heavy atom. The number of nitrogens with one attached hydrogen (secondary N) is 2. The van der Waals surface area contributed by atoms with Crippen LogP contribution in [0.1, 0.15) is 40.0 Å². The molecule has 1 saturated heterocycles. The summed E-state index contributed by atoms with van der Waals surface area (Å²) < 4.78 is 0. The van der Waals surface area contributed by atoms with Crippen LogP contribution in [-0.4, -0.2) is 47.9 Å². The van der Waals surface area contributed by atoms with Crippen molar-refractivity contribution in [3.63, 3.8) is 0 Å². The first kappa shape index (κ1) is 17.2. The normalized spacial score (nSPS) is 22.6. The van der Waals surface area contributed by atoms with E-state index in [-0.39, 0.29) is 35.8 Å². The van der Waals surface area contributed by atoms with Gasteiger partial charge in [0.15, 0.2) is 0 Å². The zero-order chi connectivity index (χ0) is 14.0. The van der Waals surface area contributed by atoms with Crippen molar-refractivity contribution >= 4 is 24.2 Å². The summed E-state index contributed by atoms with van der Waals surface area (Å²) in [5.41, 5.74) is -0.166. The van der Waals surface area contributed by atoms with E-state index in [1.807, 2.05) is 25.7 Å². The summed E-state index contributed by atoms with van der Waals surface area (Å²) in [6.45, 7) is 7.98. The van der Waals surface area contributed by atoms with E-state index < -0.39 is 0 Å². The van der Waals surface area contributed by atoms with Gasteiger partial charge < -0.3 is 15.5 Å². The van der Waals surface area contributed by atoms with Crippen LogP contribution in [0.2, 0.25) is 0 Å². The lowest BCUT2D eigenvalue weighted by atomic mass is 10.1. The molecule has 0 bridgehead atoms. The van der Waals surface area contributed by atoms with Crippen LogP contribution in [0.3, 0.4) is 0 Å². The van der Waals surface area contributed by atoms with Crippen LogP contribution in [0.25, 0.3) is 0 Å². The highest BCUT2D eigenvalue weighted by molar-refractivity contribution is 5.85. The molecule has 5 nitrogen and oxygen atoms in total. The molecule has 1 aliphatic heterocycles. The number of carbonyl (C=O) groups excluding carboxylic acids is 2. The number of likely N-dealkylation sites (tertiary alicyclic amines) is 1. The Bertz CT molecular complexity index is 364. The maximum absolute atomic E-state index is 11.9. The van der Waals surface area contributed by atoms with Gasteiger partial charge in [0.25, 0.3) is 0 Å². The lowest BCUT2D eigenvalue weighted by Gasteiger charge is -2.32. The van der Waals surface area contributed by atoms with E-state index in [4.69, 9.17) is 0 Å². The topological polar surface area (TPSA) is 61.4 Å². The fraction of sp³-hybridized carbons (Fsp3) is 0.857. The van der Waals surface area contributed by atoms with Gasteiger partial charge in [0, 0.05) is 18.5 Å². The zero-order valence-corrected chi connectivity index (χ0v) is 13.4. The van der Waals surface area contributed by atoms with Crippen molar-refractivity contribution in [2.45, 2.75) is 51.6 Å². The second-order valence-corrected chi connectivity index (χ2v) is 6.72. The van der Waals surface area contributed by atoms with E-state index in [1.54, 1.807) is 0 Å². The van der Waals surface area contributed by atoms with E-state index in [0.717, 1.165) is 12.5 Å². The third-order valence-corrected chi connectivity index (χ3v) is 3.72. The molecule has 2 rings (SSSR count). The molecular formula is C14H26ClN3O2. The van der Waals surface area contributed by atoms with Gasteiger partial charge in [-0.25, -0.2) is 0 Å². The third kappa shape index (κ3) is 4.94. The van der Waals surface area contributed by atoms with Crippen LogP contribution in [0.4, 0.5) is 0 Å². The Morgan fingerprint density at radius 2 is 2.00 bits per heavy atom. The molecule has 1 saturated carbocycles. The number of amides is 2. The fourth-order valence-corrected chi connectivity index (χ4v) is 2.44. The van der Waals surface area contributed by atoms with Gasteiger partial charge in [-0.05, 0) is 46.1 Å². The van der Waals surface area contributed by atoms with E-state index in [2.05, 4.69) is 10.6 Å². The largest absolute Gasteiger partial charge is 0.350 e. The van der Waals surface area contributed by atoms with Crippen LogP contribution in [-0.2, 0) is 9.59 Å². The Balaban J connectivity index is 0.00000200. The van der Waals surface area contributed by atoms with Gasteiger partial charge in [-0.3, -0.25) is 9.59 Å². The number of nitrogens with zero attached hydrogens (tertiary/aromatic N) is 1. The average molecular weight is 304 g/mol. The fourth-order valence-electron chi connectivity index (χ4n) is 2.44. The van der Waals surface area contributed by atoms with Gasteiger partial charge in [0.05, 0.1) is 12.6 Å². The second kappa shape index (κ2) is 6.76. The van der Waals surface area contributed by atoms with Crippen molar-refractivity contribution in [1.29, 1.82) is 0 Å². The van der Waals surface area contributed by atoms with Crippen LogP contribution >= 0.6 is 12.4 Å². The standard InChI is InChI=1S/C14H25N3O2.ClH/c1-14(2,3)17-9-11(6-13(17)19)16-12(18)8-15-7-10-4-5-10;/h10-11,15H,4-9H2,1-3H3,(H,16,18);1H. The Labute approximate surface area is 127 Å². The molecule has 20 heavy (non-hydrogen) atoms. The van der Waals surface area contributed by atoms with Crippen molar-refractivity contribution in [3.8, 4) is 0 Å². The molecule has 1 aliphatic carbocycles.